The molecule has 3 aliphatic rings. The summed E-state index contributed by atoms with van der Waals surface area (Å²) in [5.74, 6) is 2.54. The lowest BCUT2D eigenvalue weighted by molar-refractivity contribution is -0.150. The predicted octanol–water partition coefficient (Wildman–Crippen LogP) is 2.33. The van der Waals surface area contributed by atoms with E-state index in [1.165, 1.54) is 25.7 Å². The Balaban J connectivity index is 1.74. The van der Waals surface area contributed by atoms with E-state index in [0.29, 0.717) is 12.3 Å². The molecule has 0 spiro atoms. The molecule has 21 heavy (non-hydrogen) atoms. The average Bonchev–Trinajstić information content (AvgIpc) is 3.08. The third-order valence-electron chi connectivity index (χ3n) is 5.86. The van der Waals surface area contributed by atoms with E-state index in [0.717, 1.165) is 31.2 Å². The van der Waals surface area contributed by atoms with Crippen LogP contribution in [-0.2, 0) is 9.59 Å². The number of fused-ring (bicyclic) bond motifs is 2. The molecule has 2 aliphatic carbocycles. The summed E-state index contributed by atoms with van der Waals surface area (Å²) in [5, 5.41) is 2.91. The van der Waals surface area contributed by atoms with E-state index in [2.05, 4.69) is 12.2 Å². The second-order valence-electron chi connectivity index (χ2n) is 7.20. The van der Waals surface area contributed by atoms with Gasteiger partial charge in [0, 0.05) is 6.54 Å². The van der Waals surface area contributed by atoms with Gasteiger partial charge in [0.15, 0.2) is 0 Å². The summed E-state index contributed by atoms with van der Waals surface area (Å²) >= 11 is 0. The number of nitrogens with zero attached hydrogens (tertiary/aromatic N) is 1. The maximum atomic E-state index is 12.7. The lowest BCUT2D eigenvalue weighted by atomic mass is 9.87. The maximum absolute atomic E-state index is 12.7. The molecular formula is C17H28N2O2. The molecule has 2 saturated carbocycles. The summed E-state index contributed by atoms with van der Waals surface area (Å²) < 4.78 is 0. The quantitative estimate of drug-likeness (QED) is 0.845. The Morgan fingerprint density at radius 1 is 1.19 bits per heavy atom. The SMILES string of the molecule is CCCC1C(=O)NC(CC)C(=O)N1CC1CC2CCC1C2. The van der Waals surface area contributed by atoms with Crippen molar-refractivity contribution in [3.63, 3.8) is 0 Å². The zero-order valence-electron chi connectivity index (χ0n) is 13.3. The highest BCUT2D eigenvalue weighted by molar-refractivity contribution is 5.96. The van der Waals surface area contributed by atoms with Crippen LogP contribution >= 0.6 is 0 Å². The summed E-state index contributed by atoms with van der Waals surface area (Å²) in [7, 11) is 0. The predicted molar refractivity (Wildman–Crippen MR) is 81.6 cm³/mol. The minimum Gasteiger partial charge on any atom is -0.343 e. The second-order valence-corrected chi connectivity index (χ2v) is 7.20. The molecule has 0 aromatic rings. The van der Waals surface area contributed by atoms with Gasteiger partial charge in [-0.15, -0.1) is 0 Å². The fourth-order valence-electron chi connectivity index (χ4n) is 4.73. The van der Waals surface area contributed by atoms with Crippen molar-refractivity contribution >= 4 is 11.8 Å². The fourth-order valence-corrected chi connectivity index (χ4v) is 4.73. The zero-order valence-corrected chi connectivity index (χ0v) is 13.3. The molecule has 0 aromatic carbocycles. The van der Waals surface area contributed by atoms with Crippen LogP contribution in [0.1, 0.15) is 58.8 Å². The van der Waals surface area contributed by atoms with Crippen LogP contribution in [0.2, 0.25) is 0 Å². The molecule has 4 nitrogen and oxygen atoms in total. The van der Waals surface area contributed by atoms with Gasteiger partial charge >= 0.3 is 0 Å². The molecular weight excluding hydrogens is 264 g/mol. The van der Waals surface area contributed by atoms with Crippen molar-refractivity contribution in [1.82, 2.24) is 10.2 Å². The van der Waals surface area contributed by atoms with E-state index >= 15 is 0 Å². The van der Waals surface area contributed by atoms with Crippen LogP contribution in [-0.4, -0.2) is 35.3 Å². The normalized spacial score (nSPS) is 39.0. The van der Waals surface area contributed by atoms with Crippen molar-refractivity contribution in [3.8, 4) is 0 Å². The standard InChI is InChI=1S/C17H28N2O2/c1-3-5-15-16(20)18-14(4-2)17(21)19(15)10-13-9-11-6-7-12(13)8-11/h11-15H,3-10H2,1-2H3,(H,18,20). The number of hydrogen-bond donors (Lipinski definition) is 1. The zero-order chi connectivity index (χ0) is 15.0. The number of carbonyl (C=O) groups is 2. The molecule has 5 unspecified atom stereocenters. The largest absolute Gasteiger partial charge is 0.343 e. The van der Waals surface area contributed by atoms with Gasteiger partial charge in [0.05, 0.1) is 0 Å². The van der Waals surface area contributed by atoms with Gasteiger partial charge in [-0.3, -0.25) is 9.59 Å². The fraction of sp³-hybridized carbons (Fsp3) is 0.882. The molecule has 0 radical (unpaired) electrons. The van der Waals surface area contributed by atoms with Gasteiger partial charge in [-0.25, -0.2) is 0 Å². The van der Waals surface area contributed by atoms with Gasteiger partial charge in [0.25, 0.3) is 0 Å². The molecule has 2 bridgehead atoms. The average molecular weight is 292 g/mol. The van der Waals surface area contributed by atoms with Crippen molar-refractivity contribution in [3.05, 3.63) is 0 Å². The number of rotatable bonds is 5. The minimum atomic E-state index is -0.302. The Kier molecular flexibility index (Phi) is 4.23. The van der Waals surface area contributed by atoms with E-state index in [1.807, 2.05) is 11.8 Å². The molecule has 1 aliphatic heterocycles. The topological polar surface area (TPSA) is 49.4 Å². The molecule has 3 fully saturated rings. The number of piperazine rings is 1. The highest BCUT2D eigenvalue weighted by Gasteiger charge is 2.44. The first-order chi connectivity index (χ1) is 10.1. The Hall–Kier alpha value is -1.06. The van der Waals surface area contributed by atoms with Crippen molar-refractivity contribution in [2.24, 2.45) is 17.8 Å². The Morgan fingerprint density at radius 3 is 2.57 bits per heavy atom. The van der Waals surface area contributed by atoms with Crippen molar-refractivity contribution in [2.45, 2.75) is 70.9 Å². The van der Waals surface area contributed by atoms with Gasteiger partial charge in [-0.2, -0.15) is 0 Å². The van der Waals surface area contributed by atoms with Gasteiger partial charge in [-0.05, 0) is 49.9 Å². The molecule has 0 aromatic heterocycles. The number of hydrogen-bond acceptors (Lipinski definition) is 2. The van der Waals surface area contributed by atoms with Gasteiger partial charge in [-0.1, -0.05) is 26.7 Å². The Bertz CT molecular complexity index is 423. The highest BCUT2D eigenvalue weighted by Crippen LogP contribution is 2.48. The van der Waals surface area contributed by atoms with E-state index < -0.39 is 0 Å². The monoisotopic (exact) mass is 292 g/mol. The van der Waals surface area contributed by atoms with E-state index in [9.17, 15) is 9.59 Å². The van der Waals surface area contributed by atoms with Gasteiger partial charge < -0.3 is 10.2 Å². The molecule has 5 atom stereocenters. The lowest BCUT2D eigenvalue weighted by Crippen LogP contribution is -2.63. The Morgan fingerprint density at radius 2 is 2.00 bits per heavy atom. The Labute approximate surface area is 127 Å². The van der Waals surface area contributed by atoms with Crippen LogP contribution in [0, 0.1) is 17.8 Å². The molecule has 1 saturated heterocycles. The summed E-state index contributed by atoms with van der Waals surface area (Å²) in [6.45, 7) is 4.87. The third-order valence-corrected chi connectivity index (χ3v) is 5.86. The highest BCUT2D eigenvalue weighted by atomic mass is 16.2. The van der Waals surface area contributed by atoms with E-state index in [4.69, 9.17) is 0 Å². The van der Waals surface area contributed by atoms with Crippen molar-refractivity contribution in [1.29, 1.82) is 0 Å². The van der Waals surface area contributed by atoms with Crippen LogP contribution in [0.4, 0.5) is 0 Å². The summed E-state index contributed by atoms with van der Waals surface area (Å²) in [6.07, 6.45) is 7.76. The van der Waals surface area contributed by atoms with Crippen LogP contribution in [0.15, 0.2) is 0 Å². The van der Waals surface area contributed by atoms with Gasteiger partial charge in [0.2, 0.25) is 11.8 Å². The maximum Gasteiger partial charge on any atom is 0.245 e. The van der Waals surface area contributed by atoms with E-state index in [-0.39, 0.29) is 23.9 Å². The summed E-state index contributed by atoms with van der Waals surface area (Å²) in [4.78, 5) is 27.0. The third kappa shape index (κ3) is 2.69. The summed E-state index contributed by atoms with van der Waals surface area (Å²) in [5.41, 5.74) is 0. The van der Waals surface area contributed by atoms with Crippen molar-refractivity contribution < 1.29 is 9.59 Å². The molecule has 118 valence electrons. The van der Waals surface area contributed by atoms with Crippen LogP contribution in [0.5, 0.6) is 0 Å². The molecule has 2 amide bonds. The van der Waals surface area contributed by atoms with Gasteiger partial charge in [0.1, 0.15) is 12.1 Å². The number of carbonyl (C=O) groups excluding carboxylic acids is 2. The first-order valence-electron chi connectivity index (χ1n) is 8.74. The number of nitrogens with one attached hydrogen (secondary N) is 1. The van der Waals surface area contributed by atoms with Crippen LogP contribution < -0.4 is 5.32 Å². The smallest absolute Gasteiger partial charge is 0.245 e. The van der Waals surface area contributed by atoms with Crippen LogP contribution in [0.25, 0.3) is 0 Å². The molecule has 3 rings (SSSR count). The van der Waals surface area contributed by atoms with E-state index in [1.54, 1.807) is 0 Å². The molecule has 4 heteroatoms. The first-order valence-corrected chi connectivity index (χ1v) is 8.74. The minimum absolute atomic E-state index is 0.0615. The number of amides is 2. The lowest BCUT2D eigenvalue weighted by Gasteiger charge is -2.41. The second kappa shape index (κ2) is 5.98. The molecule has 1 heterocycles. The van der Waals surface area contributed by atoms with Crippen LogP contribution in [0.3, 0.4) is 0 Å². The summed E-state index contributed by atoms with van der Waals surface area (Å²) in [6, 6.07) is -0.534. The first kappa shape index (κ1) is 14.9. The van der Waals surface area contributed by atoms with Crippen molar-refractivity contribution in [2.75, 3.05) is 6.54 Å². The molecule has 1 N–H and O–H groups in total.